The molecule has 0 aliphatic rings. The lowest BCUT2D eigenvalue weighted by molar-refractivity contribution is -0.104. The molecule has 80 valence electrons. The molecule has 0 aromatic heterocycles. The van der Waals surface area contributed by atoms with Gasteiger partial charge >= 0.3 is 0 Å². The van der Waals surface area contributed by atoms with E-state index in [1.54, 1.807) is 20.1 Å². The molecule has 0 saturated carbocycles. The fraction of sp³-hybridized carbons (Fsp3) is 0.250. The molecule has 0 N–H and O–H groups in total. The topological polar surface area (TPSA) is 35.5 Å². The number of hydrogen-bond acceptors (Lipinski definition) is 3. The van der Waals surface area contributed by atoms with Gasteiger partial charge in [-0.3, -0.25) is 4.79 Å². The zero-order valence-electron chi connectivity index (χ0n) is 8.90. The third-order valence-corrected chi connectivity index (χ3v) is 1.90. The second-order valence-corrected chi connectivity index (χ2v) is 3.05. The van der Waals surface area contributed by atoms with Crippen molar-refractivity contribution in [3.8, 4) is 11.5 Å². The highest BCUT2D eigenvalue weighted by Crippen LogP contribution is 2.16. The van der Waals surface area contributed by atoms with E-state index in [-0.39, 0.29) is 0 Å². The molecule has 3 nitrogen and oxygen atoms in total. The molecule has 15 heavy (non-hydrogen) atoms. The van der Waals surface area contributed by atoms with E-state index in [1.165, 1.54) is 0 Å². The van der Waals surface area contributed by atoms with Crippen molar-refractivity contribution in [2.24, 2.45) is 0 Å². The Kier molecular flexibility index (Phi) is 4.41. The molecule has 0 fully saturated rings. The number of benzene rings is 1. The van der Waals surface area contributed by atoms with Gasteiger partial charge in [0.15, 0.2) is 0 Å². The molecule has 0 aliphatic heterocycles. The Morgan fingerprint density at radius 2 is 1.87 bits per heavy atom. The van der Waals surface area contributed by atoms with E-state index in [9.17, 15) is 4.79 Å². The number of hydrogen-bond donors (Lipinski definition) is 0. The third kappa shape index (κ3) is 3.85. The van der Waals surface area contributed by atoms with Crippen LogP contribution in [-0.2, 0) is 4.79 Å². The van der Waals surface area contributed by atoms with Crippen LogP contribution in [0.5, 0.6) is 11.5 Å². The Balaban J connectivity index is 2.47. The van der Waals surface area contributed by atoms with Crippen molar-refractivity contribution in [3.63, 3.8) is 0 Å². The maximum Gasteiger partial charge on any atom is 0.145 e. The number of carbonyl (C=O) groups is 1. The molecule has 1 rings (SSSR count). The molecule has 0 amide bonds. The van der Waals surface area contributed by atoms with Crippen LogP contribution in [0.2, 0.25) is 0 Å². The van der Waals surface area contributed by atoms with Gasteiger partial charge in [-0.1, -0.05) is 0 Å². The summed E-state index contributed by atoms with van der Waals surface area (Å²) in [6.45, 7) is 2.14. The van der Waals surface area contributed by atoms with Gasteiger partial charge in [0.05, 0.1) is 7.11 Å². The van der Waals surface area contributed by atoms with E-state index < -0.39 is 0 Å². The third-order valence-electron chi connectivity index (χ3n) is 1.90. The normalized spacial score (nSPS) is 10.9. The lowest BCUT2D eigenvalue weighted by atomic mass is 10.3. The standard InChI is InChI=1S/C12H14O3/c1-10(9-13)7-8-15-12-5-3-11(14-2)4-6-12/h3-7,9H,8H2,1-2H3. The summed E-state index contributed by atoms with van der Waals surface area (Å²) in [7, 11) is 1.62. The molecule has 0 aliphatic carbocycles. The zero-order chi connectivity index (χ0) is 11.1. The minimum atomic E-state index is 0.400. The smallest absolute Gasteiger partial charge is 0.145 e. The van der Waals surface area contributed by atoms with Gasteiger partial charge in [0.1, 0.15) is 24.4 Å². The van der Waals surface area contributed by atoms with E-state index in [4.69, 9.17) is 9.47 Å². The maximum atomic E-state index is 10.3. The molecular weight excluding hydrogens is 192 g/mol. The lowest BCUT2D eigenvalue weighted by Crippen LogP contribution is -1.95. The summed E-state index contributed by atoms with van der Waals surface area (Å²) in [6, 6.07) is 7.29. The first kappa shape index (κ1) is 11.3. The molecular formula is C12H14O3. The second kappa shape index (κ2) is 5.86. The van der Waals surface area contributed by atoms with Crippen LogP contribution in [0.1, 0.15) is 6.92 Å². The highest BCUT2D eigenvalue weighted by atomic mass is 16.5. The summed E-state index contributed by atoms with van der Waals surface area (Å²) in [6.07, 6.45) is 2.54. The average Bonchev–Trinajstić information content (AvgIpc) is 2.29. The summed E-state index contributed by atoms with van der Waals surface area (Å²) in [5.41, 5.74) is 0.670. The van der Waals surface area contributed by atoms with Gasteiger partial charge < -0.3 is 9.47 Å². The molecule has 0 bridgehead atoms. The van der Waals surface area contributed by atoms with Crippen LogP contribution >= 0.6 is 0 Å². The van der Waals surface area contributed by atoms with Crippen LogP contribution in [0.3, 0.4) is 0 Å². The zero-order valence-corrected chi connectivity index (χ0v) is 8.90. The lowest BCUT2D eigenvalue weighted by Gasteiger charge is -2.04. The Hall–Kier alpha value is -1.77. The van der Waals surface area contributed by atoms with Gasteiger partial charge in [-0.25, -0.2) is 0 Å². The minimum absolute atomic E-state index is 0.400. The molecule has 0 atom stereocenters. The predicted molar refractivity (Wildman–Crippen MR) is 58.3 cm³/mol. The van der Waals surface area contributed by atoms with Crippen molar-refractivity contribution in [1.29, 1.82) is 0 Å². The summed E-state index contributed by atoms with van der Waals surface area (Å²) in [5.74, 6) is 1.55. The first-order valence-corrected chi connectivity index (χ1v) is 4.65. The Labute approximate surface area is 89.3 Å². The molecule has 3 heteroatoms. The van der Waals surface area contributed by atoms with E-state index in [0.29, 0.717) is 12.2 Å². The van der Waals surface area contributed by atoms with Crippen molar-refractivity contribution in [1.82, 2.24) is 0 Å². The quantitative estimate of drug-likeness (QED) is 0.547. The van der Waals surface area contributed by atoms with E-state index in [0.717, 1.165) is 17.8 Å². The van der Waals surface area contributed by atoms with Gasteiger partial charge in [0.2, 0.25) is 0 Å². The number of ether oxygens (including phenoxy) is 2. The van der Waals surface area contributed by atoms with Gasteiger partial charge in [-0.15, -0.1) is 0 Å². The van der Waals surface area contributed by atoms with E-state index in [1.807, 2.05) is 24.3 Å². The van der Waals surface area contributed by atoms with Crippen LogP contribution in [0.15, 0.2) is 35.9 Å². The fourth-order valence-electron chi connectivity index (χ4n) is 0.989. The first-order chi connectivity index (χ1) is 7.26. The molecule has 0 heterocycles. The summed E-state index contributed by atoms with van der Waals surface area (Å²) in [4.78, 5) is 10.3. The van der Waals surface area contributed by atoms with Gasteiger partial charge in [0.25, 0.3) is 0 Å². The van der Waals surface area contributed by atoms with Crippen LogP contribution in [-0.4, -0.2) is 20.0 Å². The van der Waals surface area contributed by atoms with Crippen molar-refractivity contribution in [3.05, 3.63) is 35.9 Å². The van der Waals surface area contributed by atoms with Crippen LogP contribution in [0.25, 0.3) is 0 Å². The van der Waals surface area contributed by atoms with E-state index >= 15 is 0 Å². The average molecular weight is 206 g/mol. The SMILES string of the molecule is COc1ccc(OCC=C(C)C=O)cc1. The van der Waals surface area contributed by atoms with Crippen LogP contribution in [0, 0.1) is 0 Å². The Morgan fingerprint density at radius 3 is 2.40 bits per heavy atom. The van der Waals surface area contributed by atoms with Gasteiger partial charge in [0, 0.05) is 0 Å². The van der Waals surface area contributed by atoms with Crippen molar-refractivity contribution < 1.29 is 14.3 Å². The minimum Gasteiger partial charge on any atom is -0.497 e. The number of methoxy groups -OCH3 is 1. The van der Waals surface area contributed by atoms with Crippen LogP contribution < -0.4 is 9.47 Å². The van der Waals surface area contributed by atoms with Crippen LogP contribution in [0.4, 0.5) is 0 Å². The predicted octanol–water partition coefficient (Wildman–Crippen LogP) is 2.22. The Bertz CT molecular complexity index is 338. The maximum absolute atomic E-state index is 10.3. The second-order valence-electron chi connectivity index (χ2n) is 3.05. The number of aldehydes is 1. The number of allylic oxidation sites excluding steroid dienone is 1. The molecule has 0 radical (unpaired) electrons. The molecule has 1 aromatic carbocycles. The van der Waals surface area contributed by atoms with Crippen molar-refractivity contribution in [2.75, 3.05) is 13.7 Å². The van der Waals surface area contributed by atoms with E-state index in [2.05, 4.69) is 0 Å². The fourth-order valence-corrected chi connectivity index (χ4v) is 0.989. The summed E-state index contributed by atoms with van der Waals surface area (Å²) < 4.78 is 10.4. The first-order valence-electron chi connectivity index (χ1n) is 4.65. The summed E-state index contributed by atoms with van der Waals surface area (Å²) in [5, 5.41) is 0. The molecule has 0 spiro atoms. The number of rotatable bonds is 5. The van der Waals surface area contributed by atoms with Crippen molar-refractivity contribution in [2.45, 2.75) is 6.92 Å². The van der Waals surface area contributed by atoms with Gasteiger partial charge in [-0.05, 0) is 42.8 Å². The molecule has 0 saturated heterocycles. The highest BCUT2D eigenvalue weighted by Gasteiger charge is 1.93. The van der Waals surface area contributed by atoms with Crippen molar-refractivity contribution >= 4 is 6.29 Å². The molecule has 1 aromatic rings. The highest BCUT2D eigenvalue weighted by molar-refractivity contribution is 5.71. The van der Waals surface area contributed by atoms with Gasteiger partial charge in [-0.2, -0.15) is 0 Å². The summed E-state index contributed by atoms with van der Waals surface area (Å²) >= 11 is 0. The largest absolute Gasteiger partial charge is 0.497 e. The monoisotopic (exact) mass is 206 g/mol. The number of carbonyl (C=O) groups excluding carboxylic acids is 1. The Morgan fingerprint density at radius 1 is 1.27 bits per heavy atom. The molecule has 0 unspecified atom stereocenters.